The van der Waals surface area contributed by atoms with Crippen molar-refractivity contribution in [2.45, 2.75) is 20.0 Å². The molecule has 0 fully saturated rings. The lowest BCUT2D eigenvalue weighted by atomic mass is 10.2. The zero-order chi connectivity index (χ0) is 20.8. The Bertz CT molecular complexity index is 1010. The second kappa shape index (κ2) is 9.49. The van der Waals surface area contributed by atoms with Gasteiger partial charge >= 0.3 is 5.97 Å². The number of aromatic nitrogens is 2. The van der Waals surface area contributed by atoms with Crippen molar-refractivity contribution in [2.24, 2.45) is 0 Å². The first kappa shape index (κ1) is 20.8. The Labute approximate surface area is 176 Å². The van der Waals surface area contributed by atoms with Gasteiger partial charge < -0.3 is 9.47 Å². The summed E-state index contributed by atoms with van der Waals surface area (Å²) >= 11 is 7.04. The molecule has 1 aromatic carbocycles. The molecule has 0 spiro atoms. The number of benzene rings is 1. The average Bonchev–Trinajstić information content (AvgIpc) is 3.17. The highest BCUT2D eigenvalue weighted by atomic mass is 35.5. The van der Waals surface area contributed by atoms with Crippen molar-refractivity contribution in [3.8, 4) is 17.0 Å². The number of thiazole rings is 1. The zero-order valence-corrected chi connectivity index (χ0v) is 17.3. The summed E-state index contributed by atoms with van der Waals surface area (Å²) in [6, 6.07) is 10.4. The number of hydrogen-bond donors (Lipinski definition) is 1. The summed E-state index contributed by atoms with van der Waals surface area (Å²) < 4.78 is 10.6. The predicted octanol–water partition coefficient (Wildman–Crippen LogP) is 4.44. The van der Waals surface area contributed by atoms with Crippen LogP contribution in [0.25, 0.3) is 11.3 Å². The zero-order valence-electron chi connectivity index (χ0n) is 15.7. The SMILES string of the molecule is CCOc1ccc(-c2csc(NC(=O)C(C)OC(=O)c3ccnc(Cl)c3)n2)cc1. The Hall–Kier alpha value is -2.97. The van der Waals surface area contributed by atoms with E-state index >= 15 is 0 Å². The summed E-state index contributed by atoms with van der Waals surface area (Å²) in [5, 5.41) is 5.07. The monoisotopic (exact) mass is 431 g/mol. The van der Waals surface area contributed by atoms with E-state index in [9.17, 15) is 9.59 Å². The maximum absolute atomic E-state index is 12.3. The standard InChI is InChI=1S/C20H18ClN3O4S/c1-3-27-15-6-4-13(5-7-15)16-11-29-20(23-16)24-18(25)12(2)28-19(26)14-8-9-22-17(21)10-14/h4-12H,3H2,1-2H3,(H,23,24,25). The molecule has 0 saturated carbocycles. The molecule has 3 aromatic rings. The first-order valence-corrected chi connectivity index (χ1v) is 10.0. The summed E-state index contributed by atoms with van der Waals surface area (Å²) in [6.07, 6.45) is 0.383. The van der Waals surface area contributed by atoms with E-state index in [0.29, 0.717) is 11.7 Å². The van der Waals surface area contributed by atoms with Crippen molar-refractivity contribution in [3.05, 3.63) is 58.7 Å². The Morgan fingerprint density at radius 2 is 2.00 bits per heavy atom. The van der Waals surface area contributed by atoms with Crippen molar-refractivity contribution < 1.29 is 19.1 Å². The number of nitrogens with zero attached hydrogens (tertiary/aromatic N) is 2. The second-order valence-corrected chi connectivity index (χ2v) is 7.14. The van der Waals surface area contributed by atoms with Crippen LogP contribution in [0.4, 0.5) is 5.13 Å². The van der Waals surface area contributed by atoms with Gasteiger partial charge in [0.2, 0.25) is 0 Å². The molecular weight excluding hydrogens is 414 g/mol. The Morgan fingerprint density at radius 1 is 1.24 bits per heavy atom. The van der Waals surface area contributed by atoms with E-state index in [1.165, 1.54) is 36.6 Å². The van der Waals surface area contributed by atoms with Gasteiger partial charge in [-0.05, 0) is 50.2 Å². The lowest BCUT2D eigenvalue weighted by molar-refractivity contribution is -0.123. The van der Waals surface area contributed by atoms with Crippen LogP contribution < -0.4 is 10.1 Å². The summed E-state index contributed by atoms with van der Waals surface area (Å²) in [7, 11) is 0. The fraction of sp³-hybridized carbons (Fsp3) is 0.200. The summed E-state index contributed by atoms with van der Waals surface area (Å²) in [5.41, 5.74) is 1.85. The number of anilines is 1. The topological polar surface area (TPSA) is 90.4 Å². The second-order valence-electron chi connectivity index (χ2n) is 5.90. The molecule has 0 bridgehead atoms. The molecule has 1 unspecified atom stereocenters. The molecule has 9 heteroatoms. The number of carbonyl (C=O) groups is 2. The number of ether oxygens (including phenoxy) is 2. The number of pyridine rings is 1. The van der Waals surface area contributed by atoms with Gasteiger partial charge in [0.25, 0.3) is 5.91 Å². The van der Waals surface area contributed by atoms with Gasteiger partial charge in [-0.15, -0.1) is 11.3 Å². The van der Waals surface area contributed by atoms with Crippen LogP contribution in [-0.4, -0.2) is 34.6 Å². The average molecular weight is 432 g/mol. The van der Waals surface area contributed by atoms with Crippen LogP contribution in [0, 0.1) is 0 Å². The summed E-state index contributed by atoms with van der Waals surface area (Å²) in [5.74, 6) is -0.358. The van der Waals surface area contributed by atoms with Crippen LogP contribution in [0.2, 0.25) is 5.15 Å². The van der Waals surface area contributed by atoms with E-state index in [-0.39, 0.29) is 10.7 Å². The van der Waals surface area contributed by atoms with Crippen LogP contribution in [0.3, 0.4) is 0 Å². The molecule has 0 aliphatic carbocycles. The smallest absolute Gasteiger partial charge is 0.339 e. The molecule has 3 rings (SSSR count). The van der Waals surface area contributed by atoms with E-state index in [4.69, 9.17) is 21.1 Å². The molecule has 29 heavy (non-hydrogen) atoms. The van der Waals surface area contributed by atoms with Crippen molar-refractivity contribution >= 4 is 39.9 Å². The van der Waals surface area contributed by atoms with E-state index in [1.54, 1.807) is 0 Å². The minimum Gasteiger partial charge on any atom is -0.494 e. The van der Waals surface area contributed by atoms with Crippen LogP contribution in [0.5, 0.6) is 5.75 Å². The van der Waals surface area contributed by atoms with Crippen molar-refractivity contribution in [1.29, 1.82) is 0 Å². The van der Waals surface area contributed by atoms with Gasteiger partial charge in [-0.1, -0.05) is 11.6 Å². The molecule has 0 aliphatic heterocycles. The highest BCUT2D eigenvalue weighted by Gasteiger charge is 2.20. The van der Waals surface area contributed by atoms with Gasteiger partial charge in [-0.2, -0.15) is 0 Å². The number of rotatable bonds is 7. The Balaban J connectivity index is 1.59. The number of nitrogens with one attached hydrogen (secondary N) is 1. The highest BCUT2D eigenvalue weighted by molar-refractivity contribution is 7.14. The van der Waals surface area contributed by atoms with Gasteiger partial charge in [-0.3, -0.25) is 10.1 Å². The number of esters is 1. The molecule has 2 aromatic heterocycles. The molecule has 0 saturated heterocycles. The Kier molecular flexibility index (Phi) is 6.79. The molecular formula is C20H18ClN3O4S. The normalized spacial score (nSPS) is 11.6. The van der Waals surface area contributed by atoms with Crippen molar-refractivity contribution in [3.63, 3.8) is 0 Å². The summed E-state index contributed by atoms with van der Waals surface area (Å²) in [4.78, 5) is 32.7. The maximum Gasteiger partial charge on any atom is 0.339 e. The van der Waals surface area contributed by atoms with E-state index < -0.39 is 18.0 Å². The molecule has 2 heterocycles. The number of halogens is 1. The van der Waals surface area contributed by atoms with Gasteiger partial charge in [0, 0.05) is 17.1 Å². The molecule has 0 aliphatic rings. The largest absolute Gasteiger partial charge is 0.494 e. The number of hydrogen-bond acceptors (Lipinski definition) is 7. The third-order valence-corrected chi connectivity index (χ3v) is 4.78. The van der Waals surface area contributed by atoms with Gasteiger partial charge in [0.15, 0.2) is 11.2 Å². The van der Waals surface area contributed by atoms with Crippen LogP contribution in [0.1, 0.15) is 24.2 Å². The van der Waals surface area contributed by atoms with E-state index in [1.807, 2.05) is 36.6 Å². The van der Waals surface area contributed by atoms with E-state index in [0.717, 1.165) is 17.0 Å². The third-order valence-electron chi connectivity index (χ3n) is 3.81. The molecule has 0 radical (unpaired) electrons. The fourth-order valence-electron chi connectivity index (χ4n) is 2.37. The third kappa shape index (κ3) is 5.52. The minimum absolute atomic E-state index is 0.168. The highest BCUT2D eigenvalue weighted by Crippen LogP contribution is 2.26. The molecule has 1 atom stereocenters. The molecule has 1 N–H and O–H groups in total. The maximum atomic E-state index is 12.3. The van der Waals surface area contributed by atoms with Gasteiger partial charge in [-0.25, -0.2) is 14.8 Å². The quantitative estimate of drug-likeness (QED) is 0.439. The molecule has 150 valence electrons. The minimum atomic E-state index is -1.01. The van der Waals surface area contributed by atoms with E-state index in [2.05, 4.69) is 15.3 Å². The fourth-order valence-corrected chi connectivity index (χ4v) is 3.27. The lowest BCUT2D eigenvalue weighted by Crippen LogP contribution is -2.30. The Morgan fingerprint density at radius 3 is 2.69 bits per heavy atom. The van der Waals surface area contributed by atoms with Crippen molar-refractivity contribution in [2.75, 3.05) is 11.9 Å². The van der Waals surface area contributed by atoms with Gasteiger partial charge in [0.05, 0.1) is 17.9 Å². The number of carbonyl (C=O) groups excluding carboxylic acids is 2. The van der Waals surface area contributed by atoms with Crippen LogP contribution >= 0.6 is 22.9 Å². The van der Waals surface area contributed by atoms with Gasteiger partial charge in [0.1, 0.15) is 10.9 Å². The first-order chi connectivity index (χ1) is 14.0. The van der Waals surface area contributed by atoms with Crippen molar-refractivity contribution in [1.82, 2.24) is 9.97 Å². The predicted molar refractivity (Wildman–Crippen MR) is 111 cm³/mol. The van der Waals surface area contributed by atoms with Crippen LogP contribution in [0.15, 0.2) is 48.0 Å². The molecule has 1 amide bonds. The number of amides is 1. The lowest BCUT2D eigenvalue weighted by Gasteiger charge is -2.12. The first-order valence-electron chi connectivity index (χ1n) is 8.78. The summed E-state index contributed by atoms with van der Waals surface area (Å²) in [6.45, 7) is 4.01. The van der Waals surface area contributed by atoms with Crippen LogP contribution in [-0.2, 0) is 9.53 Å². The molecule has 7 nitrogen and oxygen atoms in total.